The maximum Gasteiger partial charge on any atom is 0.249 e. The van der Waals surface area contributed by atoms with Crippen molar-refractivity contribution in [2.75, 3.05) is 19.8 Å². The molecule has 0 aromatic heterocycles. The van der Waals surface area contributed by atoms with Crippen molar-refractivity contribution in [3.05, 3.63) is 12.2 Å². The van der Waals surface area contributed by atoms with E-state index in [1.54, 1.807) is 6.08 Å². The summed E-state index contributed by atoms with van der Waals surface area (Å²) < 4.78 is 22.4. The van der Waals surface area contributed by atoms with E-state index in [9.17, 15) is 55.9 Å². The first kappa shape index (κ1) is 62.8. The van der Waals surface area contributed by atoms with Gasteiger partial charge >= 0.3 is 0 Å². The quantitative estimate of drug-likeness (QED) is 0.0273. The lowest BCUT2D eigenvalue weighted by atomic mass is 9.98. The molecule has 14 atom stereocenters. The second-order valence-corrected chi connectivity index (χ2v) is 20.2. The average molecular weight is 978 g/mol. The van der Waals surface area contributed by atoms with Gasteiger partial charge in [0.2, 0.25) is 5.91 Å². The Morgan fingerprint density at radius 2 is 1.00 bits per heavy atom. The molecule has 2 saturated heterocycles. The van der Waals surface area contributed by atoms with Crippen molar-refractivity contribution < 1.29 is 74.8 Å². The largest absolute Gasteiger partial charge is 0.394 e. The van der Waals surface area contributed by atoms with Crippen molar-refractivity contribution in [3.63, 3.8) is 0 Å². The van der Waals surface area contributed by atoms with Crippen molar-refractivity contribution in [2.45, 2.75) is 286 Å². The Hall–Kier alpha value is -1.35. The van der Waals surface area contributed by atoms with Crippen LogP contribution in [0.2, 0.25) is 0 Å². The molecular weight excluding hydrogens is 879 g/mol. The fourth-order valence-corrected chi connectivity index (χ4v) is 8.94. The number of rotatable bonds is 41. The third kappa shape index (κ3) is 25.9. The SMILES string of the molecule is CCCCCCCCCCCCCCCCCCCC[C@@H](O)C(=O)N[C@@H](CO[C@@H]1OC(CO[C@H]2OC(CO)[C@H](O)C(O)C2O)[C@@H](O)C(O)C1O)[C@H](O)[C@H](O)C/C=C/CCCCCCCCC(C)C. The number of amides is 1. The zero-order valence-corrected chi connectivity index (χ0v) is 42.2. The Balaban J connectivity index is 1.88. The smallest absolute Gasteiger partial charge is 0.249 e. The first-order valence-electron chi connectivity index (χ1n) is 27.0. The molecule has 0 radical (unpaired) electrons. The minimum Gasteiger partial charge on any atom is -0.394 e. The standard InChI is InChI=1S/C52H99NO15/c1-4-5-6-7-8-9-10-11-12-13-14-15-16-17-20-24-27-30-33-40(56)50(64)53-38(43(57)39(55)32-29-26-23-21-18-19-22-25-28-31-37(2)3)35-65-51-49(63)47(61)45(59)42(68-51)36-66-52-48(62)46(60)44(58)41(34-54)67-52/h26,29,37-49,51-52,54-63H,4-25,27-28,30-36H2,1-3H3,(H,53,64)/b29-26+/t38-,39+,40+,41?,42?,43-,44-,45+,46?,47?,48?,49?,51+,52-/m0/s1. The van der Waals surface area contributed by atoms with Crippen LogP contribution in [0.25, 0.3) is 0 Å². The van der Waals surface area contributed by atoms with Crippen LogP contribution in [-0.2, 0) is 23.7 Å². The van der Waals surface area contributed by atoms with Crippen LogP contribution in [0.15, 0.2) is 12.2 Å². The van der Waals surface area contributed by atoms with E-state index in [0.717, 1.165) is 50.9 Å². The van der Waals surface area contributed by atoms with Crippen LogP contribution < -0.4 is 5.32 Å². The lowest BCUT2D eigenvalue weighted by Gasteiger charge is -2.43. The maximum absolute atomic E-state index is 13.3. The van der Waals surface area contributed by atoms with Crippen LogP contribution in [0.3, 0.4) is 0 Å². The lowest BCUT2D eigenvalue weighted by molar-refractivity contribution is -0.331. The fraction of sp³-hybridized carbons (Fsp3) is 0.942. The number of unbranched alkanes of at least 4 members (excludes halogenated alkanes) is 23. The molecule has 0 aromatic carbocycles. The van der Waals surface area contributed by atoms with Crippen LogP contribution in [0.5, 0.6) is 0 Å². The highest BCUT2D eigenvalue weighted by Gasteiger charge is 2.48. The first-order chi connectivity index (χ1) is 32.7. The molecule has 2 heterocycles. The molecule has 0 bridgehead atoms. The Labute approximate surface area is 409 Å². The molecule has 0 aliphatic carbocycles. The van der Waals surface area contributed by atoms with Gasteiger partial charge in [-0.1, -0.05) is 187 Å². The highest BCUT2D eigenvalue weighted by molar-refractivity contribution is 5.80. The van der Waals surface area contributed by atoms with Gasteiger partial charge in [0.05, 0.1) is 32.0 Å². The summed E-state index contributed by atoms with van der Waals surface area (Å²) in [5.41, 5.74) is 0. The van der Waals surface area contributed by atoms with Gasteiger partial charge in [-0.05, 0) is 31.6 Å². The predicted molar refractivity (Wildman–Crippen MR) is 261 cm³/mol. The number of carbonyl (C=O) groups excluding carboxylic acids is 1. The van der Waals surface area contributed by atoms with Gasteiger partial charge in [0, 0.05) is 0 Å². The van der Waals surface area contributed by atoms with Gasteiger partial charge in [-0.3, -0.25) is 4.79 Å². The molecule has 1 amide bonds. The van der Waals surface area contributed by atoms with Gasteiger partial charge < -0.3 is 75.3 Å². The molecular formula is C52H99NO15. The minimum atomic E-state index is -1.83. The number of hydrogen-bond acceptors (Lipinski definition) is 15. The van der Waals surface area contributed by atoms with E-state index < -0.39 is 111 Å². The Morgan fingerprint density at radius 1 is 0.559 bits per heavy atom. The van der Waals surface area contributed by atoms with Crippen LogP contribution in [-0.4, -0.2) is 163 Å². The monoisotopic (exact) mass is 978 g/mol. The van der Waals surface area contributed by atoms with Gasteiger partial charge in [0.15, 0.2) is 12.6 Å². The summed E-state index contributed by atoms with van der Waals surface area (Å²) in [6.07, 6.45) is 14.4. The molecule has 2 aliphatic heterocycles. The lowest BCUT2D eigenvalue weighted by Crippen LogP contribution is -2.62. The topological polar surface area (TPSA) is 268 Å². The molecule has 11 N–H and O–H groups in total. The maximum atomic E-state index is 13.3. The van der Waals surface area contributed by atoms with Crippen molar-refractivity contribution in [1.29, 1.82) is 0 Å². The molecule has 0 aromatic rings. The van der Waals surface area contributed by atoms with E-state index in [2.05, 4.69) is 26.1 Å². The normalized spacial score (nSPS) is 27.4. The van der Waals surface area contributed by atoms with Crippen molar-refractivity contribution in [3.8, 4) is 0 Å². The van der Waals surface area contributed by atoms with E-state index in [0.29, 0.717) is 6.42 Å². The molecule has 68 heavy (non-hydrogen) atoms. The highest BCUT2D eigenvalue weighted by atomic mass is 16.7. The highest BCUT2D eigenvalue weighted by Crippen LogP contribution is 2.27. The van der Waals surface area contributed by atoms with Gasteiger partial charge in [-0.15, -0.1) is 0 Å². The Morgan fingerprint density at radius 3 is 1.50 bits per heavy atom. The number of hydrogen-bond donors (Lipinski definition) is 11. The number of ether oxygens (including phenoxy) is 4. The third-order valence-corrected chi connectivity index (χ3v) is 13.6. The molecule has 0 spiro atoms. The van der Waals surface area contributed by atoms with Crippen molar-refractivity contribution >= 4 is 5.91 Å². The second kappa shape index (κ2) is 38.3. The van der Waals surface area contributed by atoms with Crippen molar-refractivity contribution in [2.24, 2.45) is 5.92 Å². The fourth-order valence-electron chi connectivity index (χ4n) is 8.94. The minimum absolute atomic E-state index is 0.0649. The number of allylic oxidation sites excluding steroid dienone is 1. The molecule has 2 aliphatic rings. The van der Waals surface area contributed by atoms with E-state index >= 15 is 0 Å². The average Bonchev–Trinajstić information content (AvgIpc) is 3.32. The predicted octanol–water partition coefficient (Wildman–Crippen LogP) is 5.35. The van der Waals surface area contributed by atoms with Gasteiger partial charge in [-0.25, -0.2) is 0 Å². The number of carbonyl (C=O) groups is 1. The number of aliphatic hydroxyl groups excluding tert-OH is 10. The van der Waals surface area contributed by atoms with E-state index in [1.165, 1.54) is 116 Å². The first-order valence-corrected chi connectivity index (χ1v) is 27.0. The second-order valence-electron chi connectivity index (χ2n) is 20.2. The van der Waals surface area contributed by atoms with Gasteiger partial charge in [-0.2, -0.15) is 0 Å². The summed E-state index contributed by atoms with van der Waals surface area (Å²) in [7, 11) is 0. The molecule has 16 nitrogen and oxygen atoms in total. The van der Waals surface area contributed by atoms with Gasteiger partial charge in [0.25, 0.3) is 0 Å². The summed E-state index contributed by atoms with van der Waals surface area (Å²) in [6, 6.07) is -1.31. The van der Waals surface area contributed by atoms with Gasteiger partial charge in [0.1, 0.15) is 61.0 Å². The molecule has 0 saturated carbocycles. The van der Waals surface area contributed by atoms with Crippen LogP contribution in [0, 0.1) is 5.92 Å². The molecule has 2 fully saturated rings. The van der Waals surface area contributed by atoms with Crippen molar-refractivity contribution in [1.82, 2.24) is 5.32 Å². The number of nitrogens with one attached hydrogen (secondary N) is 1. The molecule has 2 rings (SSSR count). The van der Waals surface area contributed by atoms with E-state index in [-0.39, 0.29) is 12.8 Å². The Bertz CT molecular complexity index is 1250. The third-order valence-electron chi connectivity index (χ3n) is 13.6. The molecule has 6 unspecified atom stereocenters. The summed E-state index contributed by atoms with van der Waals surface area (Å²) in [5, 5.41) is 108. The zero-order chi connectivity index (χ0) is 50.1. The summed E-state index contributed by atoms with van der Waals surface area (Å²) >= 11 is 0. The van der Waals surface area contributed by atoms with Crippen LogP contribution in [0.4, 0.5) is 0 Å². The Kier molecular flexibility index (Phi) is 35.3. The summed E-state index contributed by atoms with van der Waals surface area (Å²) in [6.45, 7) is 4.91. The van der Waals surface area contributed by atoms with E-state index in [1.807, 2.05) is 6.08 Å². The summed E-state index contributed by atoms with van der Waals surface area (Å²) in [5.74, 6) is -0.0461. The molecule has 402 valence electrons. The van der Waals surface area contributed by atoms with Crippen LogP contribution >= 0.6 is 0 Å². The number of aliphatic hydroxyl groups is 10. The summed E-state index contributed by atoms with van der Waals surface area (Å²) in [4.78, 5) is 13.3. The van der Waals surface area contributed by atoms with Crippen LogP contribution in [0.1, 0.15) is 201 Å². The van der Waals surface area contributed by atoms with E-state index in [4.69, 9.17) is 18.9 Å². The zero-order valence-electron chi connectivity index (χ0n) is 42.2. The molecule has 16 heteroatoms.